The quantitative estimate of drug-likeness (QED) is 0.637. The largest absolute Gasteiger partial charge is 0.480 e. The maximum absolute atomic E-state index is 11.8. The Morgan fingerprint density at radius 2 is 1.81 bits per heavy atom. The summed E-state index contributed by atoms with van der Waals surface area (Å²) in [6.45, 7) is 3.93. The zero-order chi connectivity index (χ0) is 15.7. The van der Waals surface area contributed by atoms with Crippen molar-refractivity contribution < 1.29 is 14.7 Å². The minimum atomic E-state index is -0.931. The fraction of sp³-hybridized carbons (Fsp3) is 0.882. The molecule has 0 heterocycles. The molecule has 1 fully saturated rings. The van der Waals surface area contributed by atoms with Gasteiger partial charge >= 0.3 is 5.97 Å². The molecule has 0 radical (unpaired) electrons. The van der Waals surface area contributed by atoms with E-state index in [-0.39, 0.29) is 11.8 Å². The Morgan fingerprint density at radius 3 is 2.38 bits per heavy atom. The van der Waals surface area contributed by atoms with Gasteiger partial charge in [0.1, 0.15) is 6.04 Å². The van der Waals surface area contributed by atoms with Crippen molar-refractivity contribution in [1.82, 2.24) is 5.32 Å². The summed E-state index contributed by atoms with van der Waals surface area (Å²) in [4.78, 5) is 22.9. The summed E-state index contributed by atoms with van der Waals surface area (Å²) in [6.07, 6.45) is 10.9. The molecule has 21 heavy (non-hydrogen) atoms. The zero-order valence-corrected chi connectivity index (χ0v) is 13.6. The normalized spacial score (nSPS) is 17.7. The summed E-state index contributed by atoms with van der Waals surface area (Å²) < 4.78 is 0. The molecular formula is C17H31NO3. The van der Waals surface area contributed by atoms with Crippen LogP contribution in [0.4, 0.5) is 0 Å². The van der Waals surface area contributed by atoms with Crippen LogP contribution >= 0.6 is 0 Å². The number of amides is 1. The van der Waals surface area contributed by atoms with Crippen LogP contribution in [-0.2, 0) is 9.59 Å². The van der Waals surface area contributed by atoms with Crippen LogP contribution in [0.25, 0.3) is 0 Å². The SMILES string of the molecule is CC(C)C[C@H](NC(=O)CCCCC1CCCCC1)C(=O)O. The highest BCUT2D eigenvalue weighted by molar-refractivity contribution is 5.83. The Balaban J connectivity index is 2.15. The molecule has 4 nitrogen and oxygen atoms in total. The number of carboxylic acid groups (broad SMARTS) is 1. The molecule has 0 unspecified atom stereocenters. The van der Waals surface area contributed by atoms with Crippen LogP contribution in [0.15, 0.2) is 0 Å². The van der Waals surface area contributed by atoms with Crippen molar-refractivity contribution in [3.05, 3.63) is 0 Å². The van der Waals surface area contributed by atoms with Gasteiger partial charge in [0.25, 0.3) is 0 Å². The second-order valence-corrected chi connectivity index (χ2v) is 6.84. The molecule has 1 aliphatic carbocycles. The lowest BCUT2D eigenvalue weighted by molar-refractivity contribution is -0.142. The monoisotopic (exact) mass is 297 g/mol. The Bertz CT molecular complexity index is 322. The topological polar surface area (TPSA) is 66.4 Å². The molecular weight excluding hydrogens is 266 g/mol. The van der Waals surface area contributed by atoms with Crippen molar-refractivity contribution >= 4 is 11.9 Å². The van der Waals surface area contributed by atoms with Gasteiger partial charge in [-0.05, 0) is 24.7 Å². The van der Waals surface area contributed by atoms with Gasteiger partial charge in [0.2, 0.25) is 5.91 Å². The van der Waals surface area contributed by atoms with Gasteiger partial charge in [-0.25, -0.2) is 4.79 Å². The standard InChI is InChI=1S/C17H31NO3/c1-13(2)12-15(17(20)21)18-16(19)11-7-6-10-14-8-4-3-5-9-14/h13-15H,3-12H2,1-2H3,(H,18,19)(H,20,21)/t15-/m0/s1. The molecule has 0 aromatic carbocycles. The summed E-state index contributed by atoms with van der Waals surface area (Å²) >= 11 is 0. The first-order chi connectivity index (χ1) is 9.99. The molecule has 0 bridgehead atoms. The van der Waals surface area contributed by atoms with Crippen LogP contribution < -0.4 is 5.32 Å². The smallest absolute Gasteiger partial charge is 0.326 e. The maximum Gasteiger partial charge on any atom is 0.326 e. The molecule has 0 saturated heterocycles. The van der Waals surface area contributed by atoms with Crippen molar-refractivity contribution in [2.45, 2.75) is 84.1 Å². The predicted molar refractivity (Wildman–Crippen MR) is 84.1 cm³/mol. The van der Waals surface area contributed by atoms with E-state index >= 15 is 0 Å². The van der Waals surface area contributed by atoms with E-state index in [0.717, 1.165) is 18.8 Å². The Morgan fingerprint density at radius 1 is 1.14 bits per heavy atom. The van der Waals surface area contributed by atoms with E-state index in [0.29, 0.717) is 12.8 Å². The molecule has 1 saturated carbocycles. The van der Waals surface area contributed by atoms with Crippen LogP contribution in [0.2, 0.25) is 0 Å². The molecule has 2 N–H and O–H groups in total. The van der Waals surface area contributed by atoms with Crippen LogP contribution in [-0.4, -0.2) is 23.0 Å². The van der Waals surface area contributed by atoms with Gasteiger partial charge in [-0.1, -0.05) is 58.8 Å². The van der Waals surface area contributed by atoms with Gasteiger partial charge in [-0.2, -0.15) is 0 Å². The highest BCUT2D eigenvalue weighted by Gasteiger charge is 2.20. The van der Waals surface area contributed by atoms with E-state index in [1.54, 1.807) is 0 Å². The Labute approximate surface area is 128 Å². The third-order valence-electron chi connectivity index (χ3n) is 4.33. The molecule has 4 heteroatoms. The summed E-state index contributed by atoms with van der Waals surface area (Å²) in [5.41, 5.74) is 0. The van der Waals surface area contributed by atoms with E-state index in [9.17, 15) is 9.59 Å². The van der Waals surface area contributed by atoms with Crippen molar-refractivity contribution in [1.29, 1.82) is 0 Å². The number of hydrogen-bond donors (Lipinski definition) is 2. The zero-order valence-electron chi connectivity index (χ0n) is 13.6. The van der Waals surface area contributed by atoms with E-state index in [2.05, 4.69) is 5.32 Å². The summed E-state index contributed by atoms with van der Waals surface area (Å²) in [5, 5.41) is 11.7. The number of rotatable bonds is 9. The first-order valence-electron chi connectivity index (χ1n) is 8.51. The number of nitrogens with one attached hydrogen (secondary N) is 1. The summed E-state index contributed by atoms with van der Waals surface area (Å²) in [5.74, 6) is 0.0678. The molecule has 1 rings (SSSR count). The number of hydrogen-bond acceptors (Lipinski definition) is 2. The lowest BCUT2D eigenvalue weighted by atomic mass is 9.85. The first kappa shape index (κ1) is 18.0. The Kier molecular flexibility index (Phi) is 8.40. The van der Waals surface area contributed by atoms with E-state index in [4.69, 9.17) is 5.11 Å². The van der Waals surface area contributed by atoms with Crippen LogP contribution in [0.5, 0.6) is 0 Å². The number of carboxylic acids is 1. The van der Waals surface area contributed by atoms with E-state index in [1.807, 2.05) is 13.8 Å². The molecule has 1 aliphatic rings. The van der Waals surface area contributed by atoms with Crippen molar-refractivity contribution in [2.24, 2.45) is 11.8 Å². The average Bonchev–Trinajstić information content (AvgIpc) is 2.43. The molecule has 0 aromatic rings. The highest BCUT2D eigenvalue weighted by atomic mass is 16.4. The minimum absolute atomic E-state index is 0.119. The molecule has 0 spiro atoms. The molecule has 122 valence electrons. The maximum atomic E-state index is 11.8. The second-order valence-electron chi connectivity index (χ2n) is 6.84. The summed E-state index contributed by atoms with van der Waals surface area (Å²) in [6, 6.07) is -0.740. The third-order valence-corrected chi connectivity index (χ3v) is 4.33. The van der Waals surface area contributed by atoms with Gasteiger partial charge in [0, 0.05) is 6.42 Å². The van der Waals surface area contributed by atoms with Crippen molar-refractivity contribution in [2.75, 3.05) is 0 Å². The summed E-state index contributed by atoms with van der Waals surface area (Å²) in [7, 11) is 0. The van der Waals surface area contributed by atoms with E-state index < -0.39 is 12.0 Å². The number of carbonyl (C=O) groups excluding carboxylic acids is 1. The molecule has 1 atom stereocenters. The lowest BCUT2D eigenvalue weighted by Crippen LogP contribution is -2.41. The average molecular weight is 297 g/mol. The highest BCUT2D eigenvalue weighted by Crippen LogP contribution is 2.27. The van der Waals surface area contributed by atoms with E-state index in [1.165, 1.54) is 38.5 Å². The van der Waals surface area contributed by atoms with Crippen molar-refractivity contribution in [3.63, 3.8) is 0 Å². The van der Waals surface area contributed by atoms with Gasteiger partial charge in [0.15, 0.2) is 0 Å². The fourth-order valence-corrected chi connectivity index (χ4v) is 3.15. The number of aliphatic carboxylic acids is 1. The minimum Gasteiger partial charge on any atom is -0.480 e. The lowest BCUT2D eigenvalue weighted by Gasteiger charge is -2.21. The Hall–Kier alpha value is -1.06. The fourth-order valence-electron chi connectivity index (χ4n) is 3.15. The van der Waals surface area contributed by atoms with Gasteiger partial charge < -0.3 is 10.4 Å². The second kappa shape index (κ2) is 9.80. The van der Waals surface area contributed by atoms with Gasteiger partial charge in [-0.15, -0.1) is 0 Å². The molecule has 1 amide bonds. The van der Waals surface area contributed by atoms with Crippen molar-refractivity contribution in [3.8, 4) is 0 Å². The van der Waals surface area contributed by atoms with Gasteiger partial charge in [0.05, 0.1) is 0 Å². The number of unbranched alkanes of at least 4 members (excludes halogenated alkanes) is 1. The van der Waals surface area contributed by atoms with Crippen LogP contribution in [0, 0.1) is 11.8 Å². The van der Waals surface area contributed by atoms with Gasteiger partial charge in [-0.3, -0.25) is 4.79 Å². The molecule has 0 aromatic heterocycles. The first-order valence-corrected chi connectivity index (χ1v) is 8.51. The third kappa shape index (κ3) is 8.08. The van der Waals surface area contributed by atoms with Crippen LogP contribution in [0.1, 0.15) is 78.1 Å². The predicted octanol–water partition coefficient (Wildman–Crippen LogP) is 3.74. The number of carbonyl (C=O) groups is 2. The van der Waals surface area contributed by atoms with Crippen LogP contribution in [0.3, 0.4) is 0 Å². The molecule has 0 aliphatic heterocycles.